The molecule has 0 spiro atoms. The van der Waals surface area contributed by atoms with Crippen molar-refractivity contribution in [2.45, 2.75) is 24.8 Å². The number of hydrogen-bond donors (Lipinski definition) is 3. The Morgan fingerprint density at radius 3 is 2.10 bits per heavy atom. The highest BCUT2D eigenvalue weighted by Crippen LogP contribution is 2.36. The molecule has 0 saturated carbocycles. The molecular weight excluding hydrogens is 430 g/mol. The van der Waals surface area contributed by atoms with E-state index < -0.39 is 47.0 Å². The molecule has 0 bridgehead atoms. The first-order chi connectivity index (χ1) is 14.4. The van der Waals surface area contributed by atoms with Crippen LogP contribution in [0.15, 0.2) is 48.7 Å². The van der Waals surface area contributed by atoms with Gasteiger partial charge in [0.15, 0.2) is 0 Å². The van der Waals surface area contributed by atoms with Crippen LogP contribution in [0.1, 0.15) is 27.0 Å². The molecule has 0 aliphatic rings. The standard InChI is InChI=1S/C20H14F6N2O3/c21-19(22,23)12-5-10(6-13(8-12)20(24,25)26)17(29)28-16(18(30)31)7-11-9-27-15-4-2-1-3-14(11)15/h1-6,8-9,16,27H,7H2,(H,28,29)(H,30,31). The average Bonchev–Trinajstić information content (AvgIpc) is 3.08. The van der Waals surface area contributed by atoms with Crippen LogP contribution in [0.25, 0.3) is 10.9 Å². The number of nitrogens with one attached hydrogen (secondary N) is 2. The average molecular weight is 444 g/mol. The lowest BCUT2D eigenvalue weighted by molar-refractivity contribution is -0.143. The Hall–Kier alpha value is -3.50. The number of para-hydroxylation sites is 1. The van der Waals surface area contributed by atoms with Crippen LogP contribution in [-0.2, 0) is 23.6 Å². The van der Waals surface area contributed by atoms with Crippen LogP contribution in [0, 0.1) is 0 Å². The van der Waals surface area contributed by atoms with E-state index in [1.807, 2.05) is 5.32 Å². The zero-order chi connectivity index (χ0) is 23.0. The van der Waals surface area contributed by atoms with E-state index in [-0.39, 0.29) is 24.6 Å². The zero-order valence-corrected chi connectivity index (χ0v) is 15.4. The summed E-state index contributed by atoms with van der Waals surface area (Å²) in [6.07, 6.45) is -8.99. The van der Waals surface area contributed by atoms with Crippen molar-refractivity contribution in [2.24, 2.45) is 0 Å². The molecule has 0 radical (unpaired) electrons. The van der Waals surface area contributed by atoms with Gasteiger partial charge in [-0.3, -0.25) is 4.79 Å². The van der Waals surface area contributed by atoms with Crippen molar-refractivity contribution < 1.29 is 41.0 Å². The number of carboxylic acids is 1. The lowest BCUT2D eigenvalue weighted by Gasteiger charge is -2.17. The number of amides is 1. The summed E-state index contributed by atoms with van der Waals surface area (Å²) < 4.78 is 78.0. The number of benzene rings is 2. The van der Waals surface area contributed by atoms with Crippen LogP contribution in [0.5, 0.6) is 0 Å². The number of carbonyl (C=O) groups excluding carboxylic acids is 1. The third kappa shape index (κ3) is 4.98. The number of aromatic nitrogens is 1. The molecular formula is C20H14F6N2O3. The van der Waals surface area contributed by atoms with Gasteiger partial charge in [-0.2, -0.15) is 26.3 Å². The normalized spacial score (nSPS) is 13.2. The van der Waals surface area contributed by atoms with Crippen molar-refractivity contribution in [2.75, 3.05) is 0 Å². The Balaban J connectivity index is 1.91. The van der Waals surface area contributed by atoms with Gasteiger partial charge in [0.1, 0.15) is 6.04 Å². The lowest BCUT2D eigenvalue weighted by atomic mass is 10.0. The molecule has 1 unspecified atom stereocenters. The lowest BCUT2D eigenvalue weighted by Crippen LogP contribution is -2.42. The Morgan fingerprint density at radius 2 is 1.55 bits per heavy atom. The SMILES string of the molecule is O=C(NC(Cc1c[nH]c2ccccc12)C(=O)O)c1cc(C(F)(F)F)cc(C(F)(F)F)c1. The highest BCUT2D eigenvalue weighted by atomic mass is 19.4. The summed E-state index contributed by atoms with van der Waals surface area (Å²) >= 11 is 0. The molecule has 3 rings (SSSR count). The fourth-order valence-corrected chi connectivity index (χ4v) is 3.05. The van der Waals surface area contributed by atoms with Crippen molar-refractivity contribution in [1.29, 1.82) is 0 Å². The molecule has 3 aromatic rings. The summed E-state index contributed by atoms with van der Waals surface area (Å²) in [5.74, 6) is -2.87. The van der Waals surface area contributed by atoms with E-state index in [9.17, 15) is 41.0 Å². The highest BCUT2D eigenvalue weighted by Gasteiger charge is 2.37. The molecule has 1 amide bonds. The molecule has 0 aliphatic heterocycles. The fraction of sp³-hybridized carbons (Fsp3) is 0.200. The van der Waals surface area contributed by atoms with Crippen molar-refractivity contribution in [3.05, 3.63) is 70.9 Å². The molecule has 1 atom stereocenters. The molecule has 11 heteroatoms. The largest absolute Gasteiger partial charge is 0.480 e. The van der Waals surface area contributed by atoms with Crippen molar-refractivity contribution in [3.63, 3.8) is 0 Å². The number of halogens is 6. The molecule has 0 fully saturated rings. The number of rotatable bonds is 5. The van der Waals surface area contributed by atoms with Crippen LogP contribution in [-0.4, -0.2) is 28.0 Å². The fourth-order valence-electron chi connectivity index (χ4n) is 3.05. The van der Waals surface area contributed by atoms with Gasteiger partial charge in [0.2, 0.25) is 0 Å². The maximum atomic E-state index is 13.0. The van der Waals surface area contributed by atoms with E-state index in [2.05, 4.69) is 4.98 Å². The number of carboxylic acid groups (broad SMARTS) is 1. The molecule has 5 nitrogen and oxygen atoms in total. The summed E-state index contributed by atoms with van der Waals surface area (Å²) in [4.78, 5) is 26.9. The Kier molecular flexibility index (Phi) is 5.70. The number of H-pyrrole nitrogens is 1. The van der Waals surface area contributed by atoms with E-state index in [0.29, 0.717) is 16.5 Å². The molecule has 164 valence electrons. The molecule has 3 N–H and O–H groups in total. The monoisotopic (exact) mass is 444 g/mol. The third-order valence-electron chi connectivity index (χ3n) is 4.55. The third-order valence-corrected chi connectivity index (χ3v) is 4.55. The second-order valence-electron chi connectivity index (χ2n) is 6.72. The number of aromatic amines is 1. The Labute approximate surface area is 170 Å². The zero-order valence-electron chi connectivity index (χ0n) is 15.4. The van der Waals surface area contributed by atoms with Gasteiger partial charge in [0, 0.05) is 29.1 Å². The van der Waals surface area contributed by atoms with Crippen molar-refractivity contribution in [3.8, 4) is 0 Å². The van der Waals surface area contributed by atoms with E-state index >= 15 is 0 Å². The van der Waals surface area contributed by atoms with Crippen molar-refractivity contribution in [1.82, 2.24) is 10.3 Å². The molecule has 2 aromatic carbocycles. The van der Waals surface area contributed by atoms with Gasteiger partial charge >= 0.3 is 18.3 Å². The summed E-state index contributed by atoms with van der Waals surface area (Å²) in [5, 5.41) is 12.1. The molecule has 0 saturated heterocycles. The van der Waals surface area contributed by atoms with Crippen LogP contribution in [0.3, 0.4) is 0 Å². The van der Waals surface area contributed by atoms with Gasteiger partial charge in [0.25, 0.3) is 5.91 Å². The predicted octanol–water partition coefficient (Wildman–Crippen LogP) is 4.63. The smallest absolute Gasteiger partial charge is 0.416 e. The quantitative estimate of drug-likeness (QED) is 0.502. The predicted molar refractivity (Wildman–Crippen MR) is 97.3 cm³/mol. The summed E-state index contributed by atoms with van der Waals surface area (Å²) in [7, 11) is 0. The topological polar surface area (TPSA) is 82.2 Å². The number of fused-ring (bicyclic) bond motifs is 1. The van der Waals surface area contributed by atoms with Gasteiger partial charge in [-0.25, -0.2) is 4.79 Å². The maximum absolute atomic E-state index is 13.0. The van der Waals surface area contributed by atoms with Gasteiger partial charge in [-0.1, -0.05) is 18.2 Å². The molecule has 1 aromatic heterocycles. The van der Waals surface area contributed by atoms with Gasteiger partial charge in [-0.05, 0) is 29.8 Å². The maximum Gasteiger partial charge on any atom is 0.416 e. The summed E-state index contributed by atoms with van der Waals surface area (Å²) in [5.41, 5.74) is -3.09. The second-order valence-corrected chi connectivity index (χ2v) is 6.72. The van der Waals surface area contributed by atoms with Crippen LogP contribution in [0.2, 0.25) is 0 Å². The first-order valence-electron chi connectivity index (χ1n) is 8.74. The first kappa shape index (κ1) is 22.2. The minimum absolute atomic E-state index is 0.114. The number of hydrogen-bond acceptors (Lipinski definition) is 2. The highest BCUT2D eigenvalue weighted by molar-refractivity contribution is 5.97. The molecule has 31 heavy (non-hydrogen) atoms. The number of aliphatic carboxylic acids is 1. The minimum Gasteiger partial charge on any atom is -0.480 e. The minimum atomic E-state index is -5.13. The van der Waals surface area contributed by atoms with Gasteiger partial charge in [-0.15, -0.1) is 0 Å². The van der Waals surface area contributed by atoms with Gasteiger partial charge in [0.05, 0.1) is 11.1 Å². The van der Waals surface area contributed by atoms with Crippen LogP contribution >= 0.6 is 0 Å². The van der Waals surface area contributed by atoms with E-state index in [0.717, 1.165) is 0 Å². The molecule has 0 aliphatic carbocycles. The summed E-state index contributed by atoms with van der Waals surface area (Å²) in [6.45, 7) is 0. The van der Waals surface area contributed by atoms with Crippen LogP contribution < -0.4 is 5.32 Å². The van der Waals surface area contributed by atoms with Crippen molar-refractivity contribution >= 4 is 22.8 Å². The summed E-state index contributed by atoms with van der Waals surface area (Å²) in [6, 6.07) is 5.66. The number of alkyl halides is 6. The Bertz CT molecular complexity index is 1100. The van der Waals surface area contributed by atoms with E-state index in [4.69, 9.17) is 0 Å². The van der Waals surface area contributed by atoms with Crippen LogP contribution in [0.4, 0.5) is 26.3 Å². The van der Waals surface area contributed by atoms with Gasteiger partial charge < -0.3 is 15.4 Å². The first-order valence-corrected chi connectivity index (χ1v) is 8.74. The Morgan fingerprint density at radius 1 is 0.968 bits per heavy atom. The second kappa shape index (κ2) is 7.97. The molecule has 1 heterocycles. The number of carbonyl (C=O) groups is 2. The van der Waals surface area contributed by atoms with E-state index in [1.54, 1.807) is 24.3 Å². The van der Waals surface area contributed by atoms with E-state index in [1.165, 1.54) is 6.20 Å².